The van der Waals surface area contributed by atoms with E-state index in [-0.39, 0.29) is 36.2 Å². The Balaban J connectivity index is 0.000000241. The van der Waals surface area contributed by atoms with Gasteiger partial charge in [-0.3, -0.25) is 19.2 Å². The third-order valence-corrected chi connectivity index (χ3v) is 12.0. The molecule has 0 saturated carbocycles. The molecule has 6 rings (SSSR count). The summed E-state index contributed by atoms with van der Waals surface area (Å²) in [5, 5.41) is 9.05. The van der Waals surface area contributed by atoms with Crippen LogP contribution in [0.4, 0.5) is 0 Å². The van der Waals surface area contributed by atoms with E-state index in [0.29, 0.717) is 75.3 Å². The van der Waals surface area contributed by atoms with Crippen molar-refractivity contribution in [3.8, 4) is 22.6 Å². The molecule has 0 aliphatic heterocycles. The van der Waals surface area contributed by atoms with Gasteiger partial charge in [-0.05, 0) is 87.1 Å². The SMILES string of the molecule is NCCC[C@H](N)C(=O)N[C@H](CCc1ccccc1)C(=O)Cc1nc(-c2ccccc2)cs1.NCCC[C@H](N)C(=O)N[C@H](CCc1ccccc1)C(=O)Cc1nc(-c2ccccc2)ns1. The summed E-state index contributed by atoms with van der Waals surface area (Å²) in [6, 6.07) is 36.7. The highest BCUT2D eigenvalue weighted by Crippen LogP contribution is 2.23. The highest BCUT2D eigenvalue weighted by molar-refractivity contribution is 7.10. The van der Waals surface area contributed by atoms with Crippen LogP contribution in [0.2, 0.25) is 0 Å². The lowest BCUT2D eigenvalue weighted by molar-refractivity contribution is -0.128. The first-order valence-electron chi connectivity index (χ1n) is 21.7. The van der Waals surface area contributed by atoms with Crippen LogP contribution in [-0.2, 0) is 44.9 Å². The Morgan fingerprint density at radius 2 is 0.984 bits per heavy atom. The highest BCUT2D eigenvalue weighted by Gasteiger charge is 2.26. The molecule has 0 spiro atoms. The normalized spacial score (nSPS) is 12.8. The standard InChI is InChI=1S/C25H30N4O2S.C24H29N5O2S/c26-15-7-12-20(27)25(31)29-21(14-13-18-8-3-1-4-9-18)23(30)16-24-28-22(17-32-24)19-10-5-2-6-11-19;25-15-7-12-19(26)24(31)27-20(14-13-17-8-3-1-4-9-17)21(30)16-22-28-23(29-32-22)18-10-5-2-6-11-18/h1-6,8-11,17,20-21H,7,12-16,26-27H2,(H,29,31);1-6,8-11,19-20H,7,12-16,25-26H2,(H,27,31)/t20-,21+;19-,20+/m00/s1. The predicted molar refractivity (Wildman–Crippen MR) is 256 cm³/mol. The van der Waals surface area contributed by atoms with Crippen molar-refractivity contribution in [1.29, 1.82) is 0 Å². The molecule has 0 radical (unpaired) electrons. The van der Waals surface area contributed by atoms with Crippen LogP contribution in [0.5, 0.6) is 0 Å². The van der Waals surface area contributed by atoms with Crippen LogP contribution in [0.3, 0.4) is 0 Å². The summed E-state index contributed by atoms with van der Waals surface area (Å²) < 4.78 is 4.37. The molecule has 2 amide bonds. The lowest BCUT2D eigenvalue weighted by atomic mass is 10.00. The number of nitrogens with zero attached hydrogens (tertiary/aromatic N) is 3. The number of carbonyl (C=O) groups excluding carboxylic acids is 4. The third kappa shape index (κ3) is 16.4. The Hall–Kier alpha value is -5.81. The van der Waals surface area contributed by atoms with Crippen molar-refractivity contribution < 1.29 is 19.2 Å². The number of aryl methyl sites for hydroxylation is 2. The first kappa shape index (κ1) is 49.2. The zero-order valence-corrected chi connectivity index (χ0v) is 37.7. The van der Waals surface area contributed by atoms with Gasteiger partial charge in [-0.15, -0.1) is 11.3 Å². The van der Waals surface area contributed by atoms with Crippen LogP contribution in [0.25, 0.3) is 22.6 Å². The molecule has 0 unspecified atom stereocenters. The van der Waals surface area contributed by atoms with E-state index >= 15 is 0 Å². The van der Waals surface area contributed by atoms with Crippen molar-refractivity contribution in [2.24, 2.45) is 22.9 Å². The third-order valence-electron chi connectivity index (χ3n) is 10.4. The van der Waals surface area contributed by atoms with E-state index < -0.39 is 24.2 Å². The molecule has 0 fully saturated rings. The molecule has 4 atom stereocenters. The Kier molecular flexibility index (Phi) is 20.6. The van der Waals surface area contributed by atoms with Gasteiger partial charge in [0, 0.05) is 16.5 Å². The van der Waals surface area contributed by atoms with E-state index in [9.17, 15) is 19.2 Å². The van der Waals surface area contributed by atoms with Gasteiger partial charge < -0.3 is 33.6 Å². The fraction of sp³-hybridized carbons (Fsp3) is 0.327. The maximum Gasteiger partial charge on any atom is 0.237 e. The minimum absolute atomic E-state index is 0.0609. The number of hydrogen-bond acceptors (Lipinski definition) is 13. The molecular weight excluding hydrogens is 843 g/mol. The number of benzene rings is 4. The summed E-state index contributed by atoms with van der Waals surface area (Å²) in [6.45, 7) is 0.948. The summed E-state index contributed by atoms with van der Waals surface area (Å²) in [6.07, 6.45) is 4.94. The number of nitrogens with two attached hydrogens (primary N) is 4. The van der Waals surface area contributed by atoms with E-state index in [0.717, 1.165) is 33.0 Å². The molecular formula is C49H59N9O4S2. The van der Waals surface area contributed by atoms with E-state index in [2.05, 4.69) is 25.0 Å². The summed E-state index contributed by atoms with van der Waals surface area (Å²) in [7, 11) is 0. The van der Waals surface area contributed by atoms with Gasteiger partial charge in [-0.2, -0.15) is 4.37 Å². The van der Waals surface area contributed by atoms with E-state index in [1.165, 1.54) is 22.9 Å². The van der Waals surface area contributed by atoms with Crippen LogP contribution in [0, 0.1) is 0 Å². The van der Waals surface area contributed by atoms with E-state index in [1.807, 2.05) is 127 Å². The predicted octanol–water partition coefficient (Wildman–Crippen LogP) is 5.61. The van der Waals surface area contributed by atoms with Crippen molar-refractivity contribution in [2.75, 3.05) is 13.1 Å². The summed E-state index contributed by atoms with van der Waals surface area (Å²) in [4.78, 5) is 60.5. The Morgan fingerprint density at radius 3 is 1.45 bits per heavy atom. The number of amides is 2. The van der Waals surface area contributed by atoms with Gasteiger partial charge in [0.2, 0.25) is 11.8 Å². The monoisotopic (exact) mass is 901 g/mol. The van der Waals surface area contributed by atoms with Crippen LogP contribution in [-0.4, -0.2) is 75.0 Å². The molecule has 2 heterocycles. The number of Topliss-reactive ketones (excluding diaryl/α,β-unsaturated/α-hetero) is 2. The van der Waals surface area contributed by atoms with Gasteiger partial charge >= 0.3 is 0 Å². The van der Waals surface area contributed by atoms with Crippen molar-refractivity contribution in [3.63, 3.8) is 0 Å². The second kappa shape index (κ2) is 26.7. The molecule has 64 heavy (non-hydrogen) atoms. The largest absolute Gasteiger partial charge is 0.345 e. The molecule has 10 N–H and O–H groups in total. The van der Waals surface area contributed by atoms with Gasteiger partial charge in [0.25, 0.3) is 0 Å². The second-order valence-electron chi connectivity index (χ2n) is 15.4. The topological polar surface area (TPSA) is 235 Å². The van der Waals surface area contributed by atoms with Gasteiger partial charge in [-0.1, -0.05) is 121 Å². The minimum atomic E-state index is -0.684. The molecule has 0 bridgehead atoms. The van der Waals surface area contributed by atoms with Crippen LogP contribution < -0.4 is 33.6 Å². The smallest absolute Gasteiger partial charge is 0.237 e. The maximum absolute atomic E-state index is 13.1. The minimum Gasteiger partial charge on any atom is -0.345 e. The fourth-order valence-corrected chi connectivity index (χ4v) is 8.23. The molecule has 336 valence electrons. The van der Waals surface area contributed by atoms with Gasteiger partial charge in [0.05, 0.1) is 42.7 Å². The molecule has 0 aliphatic carbocycles. The van der Waals surface area contributed by atoms with Crippen molar-refractivity contribution >= 4 is 46.3 Å². The number of aromatic nitrogens is 3. The Morgan fingerprint density at radius 1 is 0.547 bits per heavy atom. The van der Waals surface area contributed by atoms with Gasteiger partial charge in [0.1, 0.15) is 10.0 Å². The molecule has 13 nitrogen and oxygen atoms in total. The van der Waals surface area contributed by atoms with Crippen molar-refractivity contribution in [2.45, 2.75) is 88.4 Å². The van der Waals surface area contributed by atoms with E-state index in [1.54, 1.807) is 0 Å². The summed E-state index contributed by atoms with van der Waals surface area (Å²) in [5.74, 6) is -0.196. The Bertz CT molecular complexity index is 2150. The molecule has 0 saturated heterocycles. The Labute approximate surface area is 383 Å². The molecule has 0 aliphatic rings. The first-order chi connectivity index (χ1) is 31.1. The van der Waals surface area contributed by atoms with Crippen LogP contribution in [0.1, 0.15) is 59.7 Å². The number of hydrogen-bond donors (Lipinski definition) is 6. The fourth-order valence-electron chi connectivity index (χ4n) is 6.74. The molecule has 6 aromatic rings. The molecule has 2 aromatic heterocycles. The average Bonchev–Trinajstić information content (AvgIpc) is 4.01. The van der Waals surface area contributed by atoms with Crippen molar-refractivity contribution in [1.82, 2.24) is 25.0 Å². The highest BCUT2D eigenvalue weighted by atomic mass is 32.1. The number of rotatable bonds is 24. The lowest BCUT2D eigenvalue weighted by Gasteiger charge is -2.20. The quantitative estimate of drug-likeness (QED) is 0.0437. The van der Waals surface area contributed by atoms with Gasteiger partial charge in [0.15, 0.2) is 17.4 Å². The average molecular weight is 902 g/mol. The number of ketones is 2. The van der Waals surface area contributed by atoms with Crippen LogP contribution in [0.15, 0.2) is 127 Å². The van der Waals surface area contributed by atoms with Crippen LogP contribution >= 0.6 is 22.9 Å². The van der Waals surface area contributed by atoms with Gasteiger partial charge in [-0.25, -0.2) is 9.97 Å². The molecule has 15 heteroatoms. The maximum atomic E-state index is 13.1. The number of thiazole rings is 1. The summed E-state index contributed by atoms with van der Waals surface area (Å²) >= 11 is 2.67. The summed E-state index contributed by atoms with van der Waals surface area (Å²) in [5.41, 5.74) is 28.0. The number of nitrogens with one attached hydrogen (secondary N) is 2. The number of carbonyl (C=O) groups is 4. The zero-order chi connectivity index (χ0) is 45.5. The zero-order valence-electron chi connectivity index (χ0n) is 36.0. The second-order valence-corrected chi connectivity index (χ2v) is 17.2. The van der Waals surface area contributed by atoms with Crippen molar-refractivity contribution in [3.05, 3.63) is 148 Å². The lowest BCUT2D eigenvalue weighted by Crippen LogP contribution is -2.49. The first-order valence-corrected chi connectivity index (χ1v) is 23.3. The molecule has 4 aromatic carbocycles. The van der Waals surface area contributed by atoms with E-state index in [4.69, 9.17) is 22.9 Å².